The van der Waals surface area contributed by atoms with E-state index in [2.05, 4.69) is 5.32 Å². The minimum Gasteiger partial charge on any atom is -0.389 e. The highest BCUT2D eigenvalue weighted by molar-refractivity contribution is 7.80. The van der Waals surface area contributed by atoms with Crippen LogP contribution in [0.4, 0.5) is 15.8 Å². The van der Waals surface area contributed by atoms with E-state index in [-0.39, 0.29) is 10.8 Å². The van der Waals surface area contributed by atoms with Gasteiger partial charge in [0.05, 0.1) is 5.69 Å². The molecule has 3 N–H and O–H groups in total. The van der Waals surface area contributed by atoms with Gasteiger partial charge in [-0.15, -0.1) is 0 Å². The van der Waals surface area contributed by atoms with Crippen LogP contribution in [0.5, 0.6) is 0 Å². The minimum atomic E-state index is -0.296. The van der Waals surface area contributed by atoms with E-state index in [0.717, 1.165) is 16.8 Å². The van der Waals surface area contributed by atoms with Crippen molar-refractivity contribution in [2.24, 2.45) is 5.73 Å². The molecule has 0 aliphatic rings. The van der Waals surface area contributed by atoms with E-state index in [1.54, 1.807) is 6.07 Å². The first-order valence-electron chi connectivity index (χ1n) is 5.91. The molecule has 0 spiro atoms. The number of aryl methyl sites for hydroxylation is 2. The fraction of sp³-hybridized carbons (Fsp3) is 0.133. The van der Waals surface area contributed by atoms with Crippen molar-refractivity contribution in [2.45, 2.75) is 13.8 Å². The van der Waals surface area contributed by atoms with Crippen molar-refractivity contribution < 1.29 is 4.39 Å². The molecular weight excluding hydrogens is 259 g/mol. The number of nitrogens with two attached hydrogens (primary N) is 1. The fourth-order valence-electron chi connectivity index (χ4n) is 1.84. The van der Waals surface area contributed by atoms with E-state index in [1.807, 2.05) is 38.1 Å². The van der Waals surface area contributed by atoms with Crippen LogP contribution in [0.1, 0.15) is 16.7 Å². The monoisotopic (exact) mass is 274 g/mol. The summed E-state index contributed by atoms with van der Waals surface area (Å²) >= 11 is 5.01. The molecule has 0 amide bonds. The molecule has 0 fully saturated rings. The lowest BCUT2D eigenvalue weighted by molar-refractivity contribution is 0.630. The molecule has 0 saturated carbocycles. The van der Waals surface area contributed by atoms with Crippen LogP contribution >= 0.6 is 12.2 Å². The number of hydrogen-bond acceptors (Lipinski definition) is 2. The Morgan fingerprint density at radius 3 is 2.32 bits per heavy atom. The molecule has 0 aliphatic carbocycles. The zero-order valence-electron chi connectivity index (χ0n) is 10.8. The number of nitrogens with one attached hydrogen (secondary N) is 1. The summed E-state index contributed by atoms with van der Waals surface area (Å²) in [5.74, 6) is -0.296. The summed E-state index contributed by atoms with van der Waals surface area (Å²) in [7, 11) is 0. The highest BCUT2D eigenvalue weighted by Crippen LogP contribution is 2.25. The largest absolute Gasteiger partial charge is 0.389 e. The Labute approximate surface area is 117 Å². The molecule has 4 heteroatoms. The van der Waals surface area contributed by atoms with Crippen molar-refractivity contribution in [2.75, 3.05) is 5.32 Å². The molecule has 2 rings (SSSR count). The van der Waals surface area contributed by atoms with Crippen LogP contribution in [0.3, 0.4) is 0 Å². The molecule has 0 aliphatic heterocycles. The highest BCUT2D eigenvalue weighted by atomic mass is 32.1. The highest BCUT2D eigenvalue weighted by Gasteiger charge is 2.08. The van der Waals surface area contributed by atoms with E-state index < -0.39 is 0 Å². The van der Waals surface area contributed by atoms with Crippen LogP contribution in [0, 0.1) is 19.7 Å². The summed E-state index contributed by atoms with van der Waals surface area (Å²) in [6.45, 7) is 3.81. The van der Waals surface area contributed by atoms with Crippen LogP contribution in [0.25, 0.3) is 0 Å². The maximum Gasteiger partial charge on any atom is 0.146 e. The zero-order valence-corrected chi connectivity index (χ0v) is 11.6. The molecule has 0 atom stereocenters. The SMILES string of the molecule is Cc1ccc(Nc2cc(C)ccc2C(N)=S)c(F)c1. The molecule has 98 valence electrons. The van der Waals surface area contributed by atoms with Gasteiger partial charge in [-0.2, -0.15) is 0 Å². The number of anilines is 2. The first-order chi connectivity index (χ1) is 8.97. The Morgan fingerprint density at radius 1 is 1.05 bits per heavy atom. The van der Waals surface area contributed by atoms with E-state index in [4.69, 9.17) is 18.0 Å². The van der Waals surface area contributed by atoms with E-state index in [9.17, 15) is 4.39 Å². The van der Waals surface area contributed by atoms with Gasteiger partial charge in [0.15, 0.2) is 0 Å². The average Bonchev–Trinajstić information content (AvgIpc) is 2.32. The van der Waals surface area contributed by atoms with Crippen molar-refractivity contribution in [3.05, 3.63) is 58.9 Å². The Kier molecular flexibility index (Phi) is 3.81. The molecule has 0 aromatic heterocycles. The summed E-state index contributed by atoms with van der Waals surface area (Å²) in [5.41, 5.74) is 9.44. The second-order valence-electron chi connectivity index (χ2n) is 4.52. The van der Waals surface area contributed by atoms with Crippen LogP contribution in [0.15, 0.2) is 36.4 Å². The zero-order chi connectivity index (χ0) is 14.0. The summed E-state index contributed by atoms with van der Waals surface area (Å²) in [6.07, 6.45) is 0. The lowest BCUT2D eigenvalue weighted by Crippen LogP contribution is -2.12. The Hall–Kier alpha value is -1.94. The standard InChI is InChI=1S/C15H15FN2S/c1-9-4-6-13(12(16)7-9)18-14-8-10(2)3-5-11(14)15(17)19/h3-8,18H,1-2H3,(H2,17,19). The number of rotatable bonds is 3. The summed E-state index contributed by atoms with van der Waals surface area (Å²) in [6, 6.07) is 10.7. The first kappa shape index (κ1) is 13.5. The van der Waals surface area contributed by atoms with Gasteiger partial charge in [0.2, 0.25) is 0 Å². The molecular formula is C15H15FN2S. The maximum absolute atomic E-state index is 13.8. The van der Waals surface area contributed by atoms with Crippen molar-refractivity contribution in [1.29, 1.82) is 0 Å². The van der Waals surface area contributed by atoms with Crippen LogP contribution in [-0.2, 0) is 0 Å². The van der Waals surface area contributed by atoms with Gasteiger partial charge in [-0.1, -0.05) is 24.4 Å². The van der Waals surface area contributed by atoms with E-state index >= 15 is 0 Å². The summed E-state index contributed by atoms with van der Waals surface area (Å²) < 4.78 is 13.8. The predicted octanol–water partition coefficient (Wildman–Crippen LogP) is 3.82. The fourth-order valence-corrected chi connectivity index (χ4v) is 2.02. The lowest BCUT2D eigenvalue weighted by atomic mass is 10.1. The van der Waals surface area contributed by atoms with Gasteiger partial charge in [0.25, 0.3) is 0 Å². The smallest absolute Gasteiger partial charge is 0.146 e. The molecule has 2 aromatic carbocycles. The normalized spacial score (nSPS) is 10.3. The first-order valence-corrected chi connectivity index (χ1v) is 6.32. The molecule has 2 aromatic rings. The van der Waals surface area contributed by atoms with Crippen molar-refractivity contribution in [3.63, 3.8) is 0 Å². The van der Waals surface area contributed by atoms with E-state index in [1.165, 1.54) is 6.07 Å². The molecule has 0 unspecified atom stereocenters. The Balaban J connectivity index is 2.42. The Morgan fingerprint density at radius 2 is 1.68 bits per heavy atom. The van der Waals surface area contributed by atoms with Gasteiger partial charge in [0, 0.05) is 11.3 Å². The lowest BCUT2D eigenvalue weighted by Gasteiger charge is -2.13. The molecule has 19 heavy (non-hydrogen) atoms. The summed E-state index contributed by atoms with van der Waals surface area (Å²) in [4.78, 5) is 0.287. The second-order valence-corrected chi connectivity index (χ2v) is 4.96. The van der Waals surface area contributed by atoms with Gasteiger partial charge in [0.1, 0.15) is 10.8 Å². The van der Waals surface area contributed by atoms with Gasteiger partial charge in [-0.25, -0.2) is 4.39 Å². The van der Waals surface area contributed by atoms with Gasteiger partial charge >= 0.3 is 0 Å². The van der Waals surface area contributed by atoms with E-state index in [0.29, 0.717) is 11.3 Å². The molecule has 0 saturated heterocycles. The summed E-state index contributed by atoms with van der Waals surface area (Å²) in [5, 5.41) is 3.05. The predicted molar refractivity (Wildman–Crippen MR) is 81.5 cm³/mol. The minimum absolute atomic E-state index is 0.287. The maximum atomic E-state index is 13.8. The quantitative estimate of drug-likeness (QED) is 0.836. The topological polar surface area (TPSA) is 38.0 Å². The third kappa shape index (κ3) is 3.09. The third-order valence-corrected chi connectivity index (χ3v) is 3.05. The van der Waals surface area contributed by atoms with Crippen LogP contribution < -0.4 is 11.1 Å². The molecule has 0 bridgehead atoms. The Bertz CT molecular complexity index is 638. The van der Waals surface area contributed by atoms with Gasteiger partial charge in [-0.05, 0) is 49.2 Å². The van der Waals surface area contributed by atoms with Crippen molar-refractivity contribution in [3.8, 4) is 0 Å². The third-order valence-electron chi connectivity index (χ3n) is 2.83. The number of benzene rings is 2. The van der Waals surface area contributed by atoms with Gasteiger partial charge in [-0.3, -0.25) is 0 Å². The number of hydrogen-bond donors (Lipinski definition) is 2. The number of thiocarbonyl (C=S) groups is 1. The van der Waals surface area contributed by atoms with Crippen molar-refractivity contribution >= 4 is 28.6 Å². The number of halogens is 1. The van der Waals surface area contributed by atoms with Gasteiger partial charge < -0.3 is 11.1 Å². The van der Waals surface area contributed by atoms with Crippen LogP contribution in [0.2, 0.25) is 0 Å². The second kappa shape index (κ2) is 5.36. The molecule has 0 radical (unpaired) electrons. The molecule has 0 heterocycles. The molecule has 2 nitrogen and oxygen atoms in total. The van der Waals surface area contributed by atoms with Crippen molar-refractivity contribution in [1.82, 2.24) is 0 Å². The average molecular weight is 274 g/mol. The van der Waals surface area contributed by atoms with Crippen LogP contribution in [-0.4, -0.2) is 4.99 Å².